The third kappa shape index (κ3) is 4.60. The van der Waals surface area contributed by atoms with Crippen LogP contribution in [0.25, 0.3) is 0 Å². The Bertz CT molecular complexity index is 456. The van der Waals surface area contributed by atoms with Crippen molar-refractivity contribution in [1.29, 1.82) is 0 Å². The molecule has 0 spiro atoms. The number of carbonyl (C=O) groups excluding carboxylic acids is 1. The van der Waals surface area contributed by atoms with Crippen molar-refractivity contribution in [2.45, 2.75) is 19.1 Å². The first-order valence-electron chi connectivity index (χ1n) is 6.72. The second-order valence-corrected chi connectivity index (χ2v) is 5.81. The molecular formula is C13H18F3N3OS. The average molecular weight is 321 g/mol. The van der Waals surface area contributed by atoms with E-state index in [1.807, 2.05) is 10.7 Å². The first-order valence-corrected chi connectivity index (χ1v) is 7.67. The Kier molecular flexibility index (Phi) is 5.10. The predicted octanol–water partition coefficient (Wildman–Crippen LogP) is 2.70. The summed E-state index contributed by atoms with van der Waals surface area (Å²) in [4.78, 5) is 15.3. The summed E-state index contributed by atoms with van der Waals surface area (Å²) in [6.45, 7) is 3.03. The second-order valence-electron chi connectivity index (χ2n) is 5.03. The normalized spacial score (nSPS) is 18.6. The van der Waals surface area contributed by atoms with Gasteiger partial charge in [-0.15, -0.1) is 0 Å². The van der Waals surface area contributed by atoms with Gasteiger partial charge in [-0.3, -0.25) is 4.90 Å². The number of rotatable bonds is 3. The Balaban J connectivity index is 1.79. The SMILES string of the molecule is C[C@H](c1ccsc1)N1CCN(C(=O)NCC(F)(F)F)CC1. The number of nitrogens with one attached hydrogen (secondary N) is 1. The van der Waals surface area contributed by atoms with Crippen molar-refractivity contribution in [2.75, 3.05) is 32.7 Å². The lowest BCUT2D eigenvalue weighted by Gasteiger charge is -2.37. The molecule has 118 valence electrons. The highest BCUT2D eigenvalue weighted by Gasteiger charge is 2.30. The number of carbonyl (C=O) groups is 1. The van der Waals surface area contributed by atoms with E-state index >= 15 is 0 Å². The van der Waals surface area contributed by atoms with Crippen molar-refractivity contribution >= 4 is 17.4 Å². The maximum Gasteiger partial charge on any atom is 0.405 e. The maximum atomic E-state index is 12.1. The Hall–Kier alpha value is -1.28. The topological polar surface area (TPSA) is 35.6 Å². The fourth-order valence-corrected chi connectivity index (χ4v) is 3.07. The number of alkyl halides is 3. The van der Waals surface area contributed by atoms with Crippen LogP contribution in [0.15, 0.2) is 16.8 Å². The van der Waals surface area contributed by atoms with Gasteiger partial charge in [0.1, 0.15) is 6.54 Å². The van der Waals surface area contributed by atoms with Gasteiger partial charge in [0.05, 0.1) is 0 Å². The number of urea groups is 1. The summed E-state index contributed by atoms with van der Waals surface area (Å²) in [6.07, 6.45) is -4.37. The van der Waals surface area contributed by atoms with Gasteiger partial charge in [0.25, 0.3) is 0 Å². The van der Waals surface area contributed by atoms with E-state index in [0.717, 1.165) is 0 Å². The lowest BCUT2D eigenvalue weighted by molar-refractivity contribution is -0.123. The van der Waals surface area contributed by atoms with Crippen LogP contribution in [-0.2, 0) is 0 Å². The molecule has 1 aliphatic heterocycles. The van der Waals surface area contributed by atoms with Crippen LogP contribution in [-0.4, -0.2) is 54.7 Å². The van der Waals surface area contributed by atoms with Gasteiger partial charge in [0.15, 0.2) is 0 Å². The molecular weight excluding hydrogens is 303 g/mol. The molecule has 2 rings (SSSR count). The van der Waals surface area contributed by atoms with Gasteiger partial charge in [0, 0.05) is 32.2 Å². The van der Waals surface area contributed by atoms with Gasteiger partial charge >= 0.3 is 12.2 Å². The molecule has 8 heteroatoms. The zero-order valence-corrected chi connectivity index (χ0v) is 12.5. The molecule has 0 unspecified atom stereocenters. The minimum Gasteiger partial charge on any atom is -0.329 e. The first-order chi connectivity index (χ1) is 9.87. The van der Waals surface area contributed by atoms with Gasteiger partial charge in [0.2, 0.25) is 0 Å². The Morgan fingerprint density at radius 2 is 2.05 bits per heavy atom. The van der Waals surface area contributed by atoms with Crippen molar-refractivity contribution < 1.29 is 18.0 Å². The van der Waals surface area contributed by atoms with Crippen LogP contribution in [0.4, 0.5) is 18.0 Å². The summed E-state index contributed by atoms with van der Waals surface area (Å²) in [5, 5.41) is 6.02. The van der Waals surface area contributed by atoms with Gasteiger partial charge in [-0.1, -0.05) is 0 Å². The van der Waals surface area contributed by atoms with Crippen LogP contribution < -0.4 is 5.32 Å². The van der Waals surface area contributed by atoms with Crippen LogP contribution in [0.2, 0.25) is 0 Å². The summed E-state index contributed by atoms with van der Waals surface area (Å²) in [6, 6.07) is 1.68. The molecule has 0 radical (unpaired) electrons. The van der Waals surface area contributed by atoms with E-state index in [0.29, 0.717) is 26.2 Å². The van der Waals surface area contributed by atoms with E-state index in [4.69, 9.17) is 0 Å². The third-order valence-electron chi connectivity index (χ3n) is 3.61. The summed E-state index contributed by atoms with van der Waals surface area (Å²) < 4.78 is 36.2. The summed E-state index contributed by atoms with van der Waals surface area (Å²) in [5.74, 6) is 0. The van der Waals surface area contributed by atoms with E-state index in [1.165, 1.54) is 10.5 Å². The van der Waals surface area contributed by atoms with Crippen molar-refractivity contribution in [1.82, 2.24) is 15.1 Å². The minimum atomic E-state index is -4.37. The number of piperazine rings is 1. The Labute approximate surface area is 125 Å². The highest BCUT2D eigenvalue weighted by atomic mass is 32.1. The third-order valence-corrected chi connectivity index (χ3v) is 4.32. The molecule has 21 heavy (non-hydrogen) atoms. The molecule has 1 atom stereocenters. The second kappa shape index (κ2) is 6.65. The number of hydrogen-bond acceptors (Lipinski definition) is 3. The lowest BCUT2D eigenvalue weighted by Crippen LogP contribution is -2.53. The number of hydrogen-bond donors (Lipinski definition) is 1. The quantitative estimate of drug-likeness (QED) is 0.929. The Morgan fingerprint density at radius 3 is 2.57 bits per heavy atom. The maximum absolute atomic E-state index is 12.1. The van der Waals surface area contributed by atoms with Gasteiger partial charge in [-0.2, -0.15) is 24.5 Å². The van der Waals surface area contributed by atoms with Crippen LogP contribution in [0, 0.1) is 0 Å². The Morgan fingerprint density at radius 1 is 1.38 bits per heavy atom. The van der Waals surface area contributed by atoms with Gasteiger partial charge in [-0.25, -0.2) is 4.79 Å². The van der Waals surface area contributed by atoms with Crippen molar-refractivity contribution in [2.24, 2.45) is 0 Å². The van der Waals surface area contributed by atoms with Gasteiger partial charge in [-0.05, 0) is 29.3 Å². The highest BCUT2D eigenvalue weighted by Crippen LogP contribution is 2.23. The molecule has 0 saturated carbocycles. The fourth-order valence-electron chi connectivity index (χ4n) is 2.32. The molecule has 0 aromatic carbocycles. The van der Waals surface area contributed by atoms with Gasteiger partial charge < -0.3 is 10.2 Å². The van der Waals surface area contributed by atoms with Crippen LogP contribution in [0.3, 0.4) is 0 Å². The average Bonchev–Trinajstić information content (AvgIpc) is 2.97. The highest BCUT2D eigenvalue weighted by molar-refractivity contribution is 7.07. The smallest absolute Gasteiger partial charge is 0.329 e. The fraction of sp³-hybridized carbons (Fsp3) is 0.615. The summed E-state index contributed by atoms with van der Waals surface area (Å²) in [5.41, 5.74) is 1.23. The molecule has 1 aromatic heterocycles. The molecule has 1 fully saturated rings. The molecule has 2 amide bonds. The minimum absolute atomic E-state index is 0.261. The van der Waals surface area contributed by atoms with E-state index in [1.54, 1.807) is 11.3 Å². The first kappa shape index (κ1) is 16.1. The van der Waals surface area contributed by atoms with Crippen LogP contribution >= 0.6 is 11.3 Å². The largest absolute Gasteiger partial charge is 0.405 e. The molecule has 1 saturated heterocycles. The monoisotopic (exact) mass is 321 g/mol. The molecule has 1 aliphatic rings. The summed E-state index contributed by atoms with van der Waals surface area (Å²) in [7, 11) is 0. The van der Waals surface area contributed by atoms with E-state index in [2.05, 4.69) is 23.3 Å². The van der Waals surface area contributed by atoms with Crippen LogP contribution in [0.5, 0.6) is 0 Å². The number of nitrogens with zero attached hydrogens (tertiary/aromatic N) is 2. The van der Waals surface area contributed by atoms with E-state index in [9.17, 15) is 18.0 Å². The lowest BCUT2D eigenvalue weighted by atomic mass is 10.1. The summed E-state index contributed by atoms with van der Waals surface area (Å²) >= 11 is 1.64. The molecule has 2 heterocycles. The predicted molar refractivity (Wildman–Crippen MR) is 75.3 cm³/mol. The molecule has 1 aromatic rings. The van der Waals surface area contributed by atoms with Crippen molar-refractivity contribution in [3.8, 4) is 0 Å². The number of thiophene rings is 1. The van der Waals surface area contributed by atoms with Crippen molar-refractivity contribution in [3.63, 3.8) is 0 Å². The van der Waals surface area contributed by atoms with E-state index in [-0.39, 0.29) is 6.04 Å². The number of halogens is 3. The molecule has 1 N–H and O–H groups in total. The molecule has 0 aliphatic carbocycles. The zero-order valence-electron chi connectivity index (χ0n) is 11.7. The molecule has 4 nitrogen and oxygen atoms in total. The van der Waals surface area contributed by atoms with E-state index < -0.39 is 18.8 Å². The number of amides is 2. The van der Waals surface area contributed by atoms with Crippen LogP contribution in [0.1, 0.15) is 18.5 Å². The standard InChI is InChI=1S/C13H18F3N3OS/c1-10(11-2-7-21-8-11)18-3-5-19(6-4-18)12(20)17-9-13(14,15)16/h2,7-8,10H,3-6,9H2,1H3,(H,17,20)/t10-/m1/s1. The zero-order chi connectivity index (χ0) is 15.5. The molecule has 0 bridgehead atoms. The van der Waals surface area contributed by atoms with Crippen molar-refractivity contribution in [3.05, 3.63) is 22.4 Å².